The number of fused-ring (bicyclic) bond motifs is 6. The summed E-state index contributed by atoms with van der Waals surface area (Å²) < 4.78 is 9.35. The van der Waals surface area contributed by atoms with Gasteiger partial charge in [0.1, 0.15) is 11.2 Å². The van der Waals surface area contributed by atoms with Crippen LogP contribution in [0.25, 0.3) is 128 Å². The molecule has 0 aliphatic rings. The maximum Gasteiger partial charge on any atom is 0.167 e. The highest BCUT2D eigenvalue weighted by atomic mass is 16.3. The summed E-state index contributed by atoms with van der Waals surface area (Å²) in [6.07, 6.45) is 0. The van der Waals surface area contributed by atoms with Gasteiger partial charge in [0.25, 0.3) is 0 Å². The van der Waals surface area contributed by atoms with E-state index in [1.807, 2.05) is 12.1 Å². The quantitative estimate of drug-likeness (QED) is 0.153. The van der Waals surface area contributed by atoms with E-state index in [0.29, 0.717) is 17.5 Å². The minimum Gasteiger partial charge on any atom is -0.455 e. The Balaban J connectivity index is 0.963. The van der Waals surface area contributed by atoms with Crippen molar-refractivity contribution in [2.75, 3.05) is 0 Å². The molecule has 5 nitrogen and oxygen atoms in total. The molecule has 0 unspecified atom stereocenters. The molecule has 10 aromatic carbocycles. The number of para-hydroxylation sites is 2. The minimum absolute atomic E-state index is 0.540. The van der Waals surface area contributed by atoms with Crippen LogP contribution < -0.4 is 0 Å². The Morgan fingerprint density at radius 2 is 0.735 bits per heavy atom. The maximum absolute atomic E-state index is 6.96. The standard InChI is InChI=1S/C63H40N4O/c1-4-16-41(17-5-1)44-32-34-45(35-33-44)48-24-14-27-51(38-48)67-57-31-11-10-28-52(57)55-40-59-56(39-58(55)67)53-29-15-30-54(60(53)68-59)63-65-61(49-25-12-22-46(36-49)42-18-6-2-7-19-42)64-62(66-63)50-26-13-23-47(37-50)43-20-8-3-9-21-43/h1-40H. The molecule has 0 fully saturated rings. The molecule has 0 aliphatic carbocycles. The van der Waals surface area contributed by atoms with Crippen molar-refractivity contribution in [1.29, 1.82) is 0 Å². The lowest BCUT2D eigenvalue weighted by molar-refractivity contribution is 0.670. The number of aromatic nitrogens is 4. The Morgan fingerprint density at radius 1 is 0.279 bits per heavy atom. The van der Waals surface area contributed by atoms with Crippen LogP contribution >= 0.6 is 0 Å². The largest absolute Gasteiger partial charge is 0.455 e. The molecule has 13 aromatic rings. The number of rotatable bonds is 8. The zero-order chi connectivity index (χ0) is 45.0. The molecule has 0 spiro atoms. The molecule has 0 radical (unpaired) electrons. The van der Waals surface area contributed by atoms with E-state index in [-0.39, 0.29) is 0 Å². The molecule has 68 heavy (non-hydrogen) atoms. The molecule has 3 heterocycles. The number of hydrogen-bond acceptors (Lipinski definition) is 4. The van der Waals surface area contributed by atoms with Crippen LogP contribution in [0.3, 0.4) is 0 Å². The average molecular weight is 869 g/mol. The van der Waals surface area contributed by atoms with Crippen molar-refractivity contribution in [2.24, 2.45) is 0 Å². The molecule has 0 aliphatic heterocycles. The second kappa shape index (κ2) is 16.4. The predicted molar refractivity (Wildman–Crippen MR) is 279 cm³/mol. The third kappa shape index (κ3) is 6.93. The first-order valence-corrected chi connectivity index (χ1v) is 22.9. The van der Waals surface area contributed by atoms with Gasteiger partial charge in [-0.05, 0) is 93.0 Å². The molecule has 0 amide bonds. The Kier molecular flexibility index (Phi) is 9.43. The lowest BCUT2D eigenvalue weighted by atomic mass is 10.00. The number of benzene rings is 10. The van der Waals surface area contributed by atoms with Gasteiger partial charge in [-0.3, -0.25) is 0 Å². The number of hydrogen-bond donors (Lipinski definition) is 0. The van der Waals surface area contributed by atoms with E-state index in [0.717, 1.165) is 93.9 Å². The molecular formula is C63H40N4O. The van der Waals surface area contributed by atoms with Gasteiger partial charge < -0.3 is 8.98 Å². The summed E-state index contributed by atoms with van der Waals surface area (Å²) in [6.45, 7) is 0. The highest BCUT2D eigenvalue weighted by Gasteiger charge is 2.21. The number of nitrogens with zero attached hydrogens (tertiary/aromatic N) is 4. The molecule has 0 bridgehead atoms. The van der Waals surface area contributed by atoms with Gasteiger partial charge in [0.15, 0.2) is 17.5 Å². The summed E-state index contributed by atoms with van der Waals surface area (Å²) >= 11 is 0. The van der Waals surface area contributed by atoms with E-state index in [4.69, 9.17) is 19.4 Å². The topological polar surface area (TPSA) is 56.7 Å². The van der Waals surface area contributed by atoms with E-state index in [1.54, 1.807) is 0 Å². The molecule has 318 valence electrons. The lowest BCUT2D eigenvalue weighted by Crippen LogP contribution is -2.00. The van der Waals surface area contributed by atoms with Gasteiger partial charge in [-0.15, -0.1) is 0 Å². The molecule has 0 saturated carbocycles. The highest BCUT2D eigenvalue weighted by molar-refractivity contribution is 6.18. The van der Waals surface area contributed by atoms with Gasteiger partial charge in [0, 0.05) is 38.4 Å². The van der Waals surface area contributed by atoms with Gasteiger partial charge in [-0.2, -0.15) is 0 Å². The Morgan fingerprint density at radius 3 is 1.37 bits per heavy atom. The van der Waals surface area contributed by atoms with Crippen LogP contribution in [0.15, 0.2) is 247 Å². The molecule has 0 atom stereocenters. The van der Waals surface area contributed by atoms with Gasteiger partial charge in [-0.1, -0.05) is 194 Å². The summed E-state index contributed by atoms with van der Waals surface area (Å²) in [4.78, 5) is 15.7. The third-order valence-corrected chi connectivity index (χ3v) is 13.1. The first kappa shape index (κ1) is 39.2. The van der Waals surface area contributed by atoms with E-state index in [1.165, 1.54) is 16.7 Å². The minimum atomic E-state index is 0.540. The molecule has 0 saturated heterocycles. The summed E-state index contributed by atoms with van der Waals surface area (Å²) in [5.41, 5.74) is 16.6. The predicted octanol–water partition coefficient (Wildman–Crippen LogP) is 16.5. The van der Waals surface area contributed by atoms with Gasteiger partial charge in [-0.25, -0.2) is 15.0 Å². The summed E-state index contributed by atoms with van der Waals surface area (Å²) in [5, 5.41) is 4.29. The van der Waals surface area contributed by atoms with Crippen molar-refractivity contribution >= 4 is 43.7 Å². The SMILES string of the molecule is c1ccc(-c2ccc(-c3cccc(-n4c5ccccc5c5cc6oc7c(-c8nc(-c9cccc(-c%10ccccc%10)c9)nc(-c9cccc(-c%10ccccc%10)c9)n8)cccc7c6cc54)c3)cc2)cc1. The van der Waals surface area contributed by atoms with Crippen molar-refractivity contribution in [2.45, 2.75) is 0 Å². The lowest BCUT2D eigenvalue weighted by Gasteiger charge is -2.11. The molecule has 0 N–H and O–H groups in total. The second-order valence-corrected chi connectivity index (χ2v) is 17.2. The van der Waals surface area contributed by atoms with Crippen LogP contribution in [0.2, 0.25) is 0 Å². The Labute approximate surface area is 392 Å². The zero-order valence-electron chi connectivity index (χ0n) is 36.8. The van der Waals surface area contributed by atoms with E-state index < -0.39 is 0 Å². The zero-order valence-corrected chi connectivity index (χ0v) is 36.8. The van der Waals surface area contributed by atoms with Crippen LogP contribution in [-0.2, 0) is 0 Å². The fraction of sp³-hybridized carbons (Fsp3) is 0. The van der Waals surface area contributed by atoms with Crippen LogP contribution in [0.5, 0.6) is 0 Å². The van der Waals surface area contributed by atoms with Gasteiger partial charge >= 0.3 is 0 Å². The van der Waals surface area contributed by atoms with Gasteiger partial charge in [0.2, 0.25) is 0 Å². The molecular weight excluding hydrogens is 829 g/mol. The Bertz CT molecular complexity index is 3900. The van der Waals surface area contributed by atoms with Gasteiger partial charge in [0.05, 0.1) is 16.6 Å². The van der Waals surface area contributed by atoms with Crippen LogP contribution in [0, 0.1) is 0 Å². The monoisotopic (exact) mass is 868 g/mol. The molecule has 5 heteroatoms. The van der Waals surface area contributed by atoms with Crippen LogP contribution in [0.4, 0.5) is 0 Å². The van der Waals surface area contributed by atoms with E-state index in [9.17, 15) is 0 Å². The smallest absolute Gasteiger partial charge is 0.167 e. The summed E-state index contributed by atoms with van der Waals surface area (Å²) in [6, 6.07) is 85.2. The van der Waals surface area contributed by atoms with Crippen LogP contribution in [0.1, 0.15) is 0 Å². The summed E-state index contributed by atoms with van der Waals surface area (Å²) in [7, 11) is 0. The number of furan rings is 1. The normalized spacial score (nSPS) is 11.5. The highest BCUT2D eigenvalue weighted by Crippen LogP contribution is 2.42. The van der Waals surface area contributed by atoms with Crippen molar-refractivity contribution < 1.29 is 4.42 Å². The second-order valence-electron chi connectivity index (χ2n) is 17.2. The van der Waals surface area contributed by atoms with Crippen LogP contribution in [-0.4, -0.2) is 19.5 Å². The summed E-state index contributed by atoms with van der Waals surface area (Å²) in [5.74, 6) is 1.71. The third-order valence-electron chi connectivity index (χ3n) is 13.1. The van der Waals surface area contributed by atoms with Crippen molar-refractivity contribution in [3.05, 3.63) is 243 Å². The first-order valence-electron chi connectivity index (χ1n) is 22.9. The van der Waals surface area contributed by atoms with Crippen molar-refractivity contribution in [3.8, 4) is 84.4 Å². The first-order chi connectivity index (χ1) is 33.7. The maximum atomic E-state index is 6.96. The van der Waals surface area contributed by atoms with Crippen molar-refractivity contribution in [1.82, 2.24) is 19.5 Å². The van der Waals surface area contributed by atoms with E-state index >= 15 is 0 Å². The fourth-order valence-corrected chi connectivity index (χ4v) is 9.72. The van der Waals surface area contributed by atoms with Crippen molar-refractivity contribution in [3.63, 3.8) is 0 Å². The molecule has 3 aromatic heterocycles. The van der Waals surface area contributed by atoms with E-state index in [2.05, 4.69) is 235 Å². The molecule has 13 rings (SSSR count). The Hall–Kier alpha value is -9.19. The fourth-order valence-electron chi connectivity index (χ4n) is 9.72. The average Bonchev–Trinajstić information content (AvgIpc) is 3.96.